The van der Waals surface area contributed by atoms with E-state index in [9.17, 15) is 4.79 Å². The van der Waals surface area contributed by atoms with Crippen LogP contribution in [0, 0.1) is 6.92 Å². The quantitative estimate of drug-likeness (QED) is 0.837. The minimum atomic E-state index is -0.478. The van der Waals surface area contributed by atoms with E-state index in [0.717, 1.165) is 5.56 Å². The Hall–Kier alpha value is -1.10. The predicted octanol–water partition coefficient (Wildman–Crippen LogP) is 2.39. The topological polar surface area (TPSA) is 47.6 Å². The van der Waals surface area contributed by atoms with Gasteiger partial charge in [-0.2, -0.15) is 0 Å². The van der Waals surface area contributed by atoms with E-state index in [4.69, 9.17) is 21.1 Å². The van der Waals surface area contributed by atoms with Crippen LogP contribution in [0.15, 0.2) is 18.2 Å². The lowest BCUT2D eigenvalue weighted by molar-refractivity contribution is -0.117. The first-order valence-corrected chi connectivity index (χ1v) is 5.99. The second-order valence-corrected chi connectivity index (χ2v) is 4.56. The van der Waals surface area contributed by atoms with Crippen LogP contribution in [0.1, 0.15) is 22.8 Å². The fourth-order valence-corrected chi connectivity index (χ4v) is 2.02. The van der Waals surface area contributed by atoms with Gasteiger partial charge >= 0.3 is 0 Å². The van der Waals surface area contributed by atoms with Crippen molar-refractivity contribution in [2.45, 2.75) is 26.2 Å². The number of amides is 1. The van der Waals surface area contributed by atoms with Crippen molar-refractivity contribution in [1.29, 1.82) is 0 Å². The van der Waals surface area contributed by atoms with Crippen LogP contribution in [0.25, 0.3) is 0 Å². The summed E-state index contributed by atoms with van der Waals surface area (Å²) >= 11 is 5.92. The first-order chi connectivity index (χ1) is 8.47. The molecule has 0 aliphatic heterocycles. The number of hydrogen-bond donors (Lipinski definition) is 1. The molecule has 5 heteroatoms. The molecule has 0 bridgehead atoms. The Morgan fingerprint density at radius 3 is 2.39 bits per heavy atom. The molecule has 0 fully saturated rings. The van der Waals surface area contributed by atoms with Gasteiger partial charge in [-0.3, -0.25) is 4.79 Å². The maximum absolute atomic E-state index is 12.0. The summed E-state index contributed by atoms with van der Waals surface area (Å²) < 4.78 is 10.2. The van der Waals surface area contributed by atoms with Crippen LogP contribution < -0.4 is 5.32 Å². The molecule has 18 heavy (non-hydrogen) atoms. The Labute approximate surface area is 112 Å². The summed E-state index contributed by atoms with van der Waals surface area (Å²) in [7, 11) is 3.06. The van der Waals surface area contributed by atoms with Gasteiger partial charge in [0.15, 0.2) is 6.29 Å². The molecule has 4 nitrogen and oxygen atoms in total. The molecule has 0 heterocycles. The highest BCUT2D eigenvalue weighted by atomic mass is 35.5. The molecule has 0 aromatic heterocycles. The van der Waals surface area contributed by atoms with Crippen molar-refractivity contribution >= 4 is 17.5 Å². The summed E-state index contributed by atoms with van der Waals surface area (Å²) in [4.78, 5) is 12.0. The molecule has 0 aliphatic carbocycles. The Balaban J connectivity index is 2.76. The van der Waals surface area contributed by atoms with E-state index in [0.29, 0.717) is 10.6 Å². The number of halogens is 1. The van der Waals surface area contributed by atoms with Gasteiger partial charge in [0.05, 0.1) is 6.04 Å². The molecule has 1 aromatic carbocycles. The SMILES string of the molecule is COC(OC)C(C)NC(=O)c1cc(C)cc(Cl)c1. The average molecular weight is 272 g/mol. The number of benzene rings is 1. The Morgan fingerprint density at radius 2 is 1.89 bits per heavy atom. The summed E-state index contributed by atoms with van der Waals surface area (Å²) in [6.45, 7) is 3.70. The molecule has 0 saturated carbocycles. The number of rotatable bonds is 5. The van der Waals surface area contributed by atoms with E-state index in [1.165, 1.54) is 14.2 Å². The zero-order valence-electron chi connectivity index (χ0n) is 11.0. The van der Waals surface area contributed by atoms with E-state index >= 15 is 0 Å². The van der Waals surface area contributed by atoms with Gasteiger partial charge < -0.3 is 14.8 Å². The van der Waals surface area contributed by atoms with E-state index < -0.39 is 6.29 Å². The van der Waals surface area contributed by atoms with Crippen LogP contribution >= 0.6 is 11.6 Å². The highest BCUT2D eigenvalue weighted by Crippen LogP contribution is 2.14. The summed E-state index contributed by atoms with van der Waals surface area (Å²) in [5, 5.41) is 3.35. The van der Waals surface area contributed by atoms with E-state index in [2.05, 4.69) is 5.32 Å². The monoisotopic (exact) mass is 271 g/mol. The molecule has 1 unspecified atom stereocenters. The number of carbonyl (C=O) groups is 1. The Kier molecular flexibility index (Phi) is 5.59. The fourth-order valence-electron chi connectivity index (χ4n) is 1.73. The summed E-state index contributed by atoms with van der Waals surface area (Å²) in [6, 6.07) is 4.95. The summed E-state index contributed by atoms with van der Waals surface area (Å²) in [5.74, 6) is -0.202. The third-order valence-corrected chi connectivity index (χ3v) is 2.75. The van der Waals surface area contributed by atoms with Crippen LogP contribution in [0.2, 0.25) is 5.02 Å². The van der Waals surface area contributed by atoms with Gasteiger partial charge in [-0.1, -0.05) is 11.6 Å². The fraction of sp³-hybridized carbons (Fsp3) is 0.462. The molecule has 1 N–H and O–H groups in total. The van der Waals surface area contributed by atoms with Gasteiger partial charge in [-0.25, -0.2) is 0 Å². The van der Waals surface area contributed by atoms with Crippen molar-refractivity contribution in [3.8, 4) is 0 Å². The smallest absolute Gasteiger partial charge is 0.251 e. The number of carbonyl (C=O) groups excluding carboxylic acids is 1. The summed E-state index contributed by atoms with van der Waals surface area (Å²) in [6.07, 6.45) is -0.478. The van der Waals surface area contributed by atoms with E-state index in [1.54, 1.807) is 18.2 Å². The molecule has 0 aliphatic rings. The first-order valence-electron chi connectivity index (χ1n) is 5.61. The van der Waals surface area contributed by atoms with E-state index in [1.807, 2.05) is 13.8 Å². The number of nitrogens with one attached hydrogen (secondary N) is 1. The maximum atomic E-state index is 12.0. The zero-order chi connectivity index (χ0) is 13.7. The molecular weight excluding hydrogens is 254 g/mol. The lowest BCUT2D eigenvalue weighted by Crippen LogP contribution is -2.42. The normalized spacial score (nSPS) is 12.6. The molecule has 1 amide bonds. The van der Waals surface area contributed by atoms with Crippen LogP contribution in [-0.2, 0) is 9.47 Å². The highest BCUT2D eigenvalue weighted by molar-refractivity contribution is 6.31. The van der Waals surface area contributed by atoms with Gasteiger partial charge in [-0.15, -0.1) is 0 Å². The van der Waals surface area contributed by atoms with Crippen LogP contribution in [0.3, 0.4) is 0 Å². The van der Waals surface area contributed by atoms with Gasteiger partial charge in [0.2, 0.25) is 0 Å². The van der Waals surface area contributed by atoms with Crippen LogP contribution in [0.5, 0.6) is 0 Å². The zero-order valence-corrected chi connectivity index (χ0v) is 11.7. The number of ether oxygens (including phenoxy) is 2. The van der Waals surface area contributed by atoms with Crippen molar-refractivity contribution in [2.24, 2.45) is 0 Å². The predicted molar refractivity (Wildman–Crippen MR) is 70.9 cm³/mol. The third kappa shape index (κ3) is 3.98. The molecule has 1 atom stereocenters. The minimum absolute atomic E-state index is 0.202. The number of methoxy groups -OCH3 is 2. The molecule has 0 radical (unpaired) electrons. The molecular formula is C13H18ClNO3. The minimum Gasteiger partial charge on any atom is -0.354 e. The number of hydrogen-bond acceptors (Lipinski definition) is 3. The highest BCUT2D eigenvalue weighted by Gasteiger charge is 2.19. The third-order valence-electron chi connectivity index (χ3n) is 2.54. The second kappa shape index (κ2) is 6.73. The second-order valence-electron chi connectivity index (χ2n) is 4.12. The van der Waals surface area contributed by atoms with E-state index in [-0.39, 0.29) is 11.9 Å². The molecule has 0 saturated heterocycles. The largest absolute Gasteiger partial charge is 0.354 e. The van der Waals surface area contributed by atoms with Crippen molar-refractivity contribution in [3.05, 3.63) is 34.3 Å². The lowest BCUT2D eigenvalue weighted by atomic mass is 10.1. The van der Waals surface area contributed by atoms with Crippen molar-refractivity contribution in [1.82, 2.24) is 5.32 Å². The Morgan fingerprint density at radius 1 is 1.28 bits per heavy atom. The number of aryl methyl sites for hydroxylation is 1. The molecule has 1 aromatic rings. The molecule has 100 valence electrons. The van der Waals surface area contributed by atoms with Gasteiger partial charge in [0, 0.05) is 24.8 Å². The average Bonchev–Trinajstić information content (AvgIpc) is 2.29. The maximum Gasteiger partial charge on any atom is 0.251 e. The van der Waals surface area contributed by atoms with Crippen LogP contribution in [0.4, 0.5) is 0 Å². The van der Waals surface area contributed by atoms with Gasteiger partial charge in [0.25, 0.3) is 5.91 Å². The van der Waals surface area contributed by atoms with Crippen molar-refractivity contribution in [3.63, 3.8) is 0 Å². The lowest BCUT2D eigenvalue weighted by Gasteiger charge is -2.22. The van der Waals surface area contributed by atoms with Gasteiger partial charge in [-0.05, 0) is 37.6 Å². The standard InChI is InChI=1S/C13H18ClNO3/c1-8-5-10(7-11(14)6-8)12(16)15-9(2)13(17-3)18-4/h5-7,9,13H,1-4H3,(H,15,16). The van der Waals surface area contributed by atoms with Crippen molar-refractivity contribution in [2.75, 3.05) is 14.2 Å². The van der Waals surface area contributed by atoms with Crippen LogP contribution in [-0.4, -0.2) is 32.5 Å². The first kappa shape index (κ1) is 15.0. The Bertz CT molecular complexity index is 398. The van der Waals surface area contributed by atoms with Gasteiger partial charge in [0.1, 0.15) is 0 Å². The molecule has 0 spiro atoms. The summed E-state index contributed by atoms with van der Waals surface area (Å²) in [5.41, 5.74) is 1.47. The molecule has 1 rings (SSSR count). The van der Waals surface area contributed by atoms with Crippen molar-refractivity contribution < 1.29 is 14.3 Å².